The Morgan fingerprint density at radius 3 is 2.68 bits per heavy atom. The average Bonchev–Trinajstić information content (AvgIpc) is 2.88. The highest BCUT2D eigenvalue weighted by molar-refractivity contribution is 6.32. The van der Waals surface area contributed by atoms with E-state index in [4.69, 9.17) is 22.7 Å². The second-order valence-electron chi connectivity index (χ2n) is 4.62. The summed E-state index contributed by atoms with van der Waals surface area (Å²) >= 11 is 6.11. The number of nitrogens with one attached hydrogen (secondary N) is 2. The second kappa shape index (κ2) is 6.64. The van der Waals surface area contributed by atoms with Crippen molar-refractivity contribution in [1.82, 2.24) is 9.97 Å². The molecule has 3 rings (SSSR count). The van der Waals surface area contributed by atoms with E-state index in [1.807, 2.05) is 48.6 Å². The molecule has 2 aromatic carbocycles. The minimum Gasteiger partial charge on any atom is -0.384 e. The Labute approximate surface area is 138 Å². The monoisotopic (exact) mass is 332 g/mol. The highest BCUT2D eigenvalue weighted by atomic mass is 35.5. The Morgan fingerprint density at radius 1 is 1.18 bits per heavy atom. The summed E-state index contributed by atoms with van der Waals surface area (Å²) in [6, 6.07) is 13.1. The van der Waals surface area contributed by atoms with Crippen LogP contribution in [0, 0.1) is 5.41 Å². The van der Waals surface area contributed by atoms with E-state index < -0.39 is 0 Å². The van der Waals surface area contributed by atoms with E-state index in [1.54, 1.807) is 6.07 Å². The van der Waals surface area contributed by atoms with Gasteiger partial charge in [-0.05, 0) is 42.0 Å². The molecule has 0 atom stereocenters. The van der Waals surface area contributed by atoms with Gasteiger partial charge in [0.2, 0.25) is 0 Å². The standard InChI is InChI=1S/C16H13ClN4.ClH/c17-12-4-2-1-3-10(12)6-8-15-20-13-7-5-11(16(18)19)9-14(13)21-15;/h1-9H,(H3,18,19)(H,20,21);1H/b8-6-;. The third-order valence-corrected chi connectivity index (χ3v) is 3.48. The summed E-state index contributed by atoms with van der Waals surface area (Å²) in [6.45, 7) is 0. The maximum Gasteiger partial charge on any atom is 0.131 e. The van der Waals surface area contributed by atoms with Crippen molar-refractivity contribution in [1.29, 1.82) is 5.41 Å². The molecule has 1 heterocycles. The Balaban J connectivity index is 0.00000176. The first-order valence-corrected chi connectivity index (χ1v) is 6.78. The number of nitrogens with two attached hydrogens (primary N) is 1. The zero-order valence-electron chi connectivity index (χ0n) is 11.5. The van der Waals surface area contributed by atoms with E-state index in [9.17, 15) is 0 Å². The molecule has 4 N–H and O–H groups in total. The lowest BCUT2D eigenvalue weighted by atomic mass is 10.2. The van der Waals surface area contributed by atoms with Gasteiger partial charge < -0.3 is 10.7 Å². The fourth-order valence-electron chi connectivity index (χ4n) is 2.05. The largest absolute Gasteiger partial charge is 0.384 e. The summed E-state index contributed by atoms with van der Waals surface area (Å²) in [5, 5.41) is 8.15. The van der Waals surface area contributed by atoms with Gasteiger partial charge in [0.1, 0.15) is 11.7 Å². The van der Waals surface area contributed by atoms with E-state index in [0.29, 0.717) is 10.6 Å². The zero-order valence-corrected chi connectivity index (χ0v) is 13.1. The highest BCUT2D eigenvalue weighted by Crippen LogP contribution is 2.19. The van der Waals surface area contributed by atoms with Gasteiger partial charge in [-0.2, -0.15) is 0 Å². The number of fused-ring (bicyclic) bond motifs is 1. The molecular formula is C16H14Cl2N4. The number of hydrogen-bond acceptors (Lipinski definition) is 2. The van der Waals surface area contributed by atoms with Crippen molar-refractivity contribution in [3.63, 3.8) is 0 Å². The van der Waals surface area contributed by atoms with Gasteiger partial charge in [0.15, 0.2) is 0 Å². The van der Waals surface area contributed by atoms with Gasteiger partial charge in [-0.25, -0.2) is 4.98 Å². The van der Waals surface area contributed by atoms with Crippen LogP contribution in [-0.4, -0.2) is 15.8 Å². The normalized spacial score (nSPS) is 10.8. The maximum atomic E-state index is 7.45. The molecule has 3 aromatic rings. The van der Waals surface area contributed by atoms with Gasteiger partial charge in [-0.15, -0.1) is 12.4 Å². The number of nitrogens with zero attached hydrogens (tertiary/aromatic N) is 1. The van der Waals surface area contributed by atoms with Crippen LogP contribution in [0.1, 0.15) is 17.0 Å². The van der Waals surface area contributed by atoms with Crippen LogP contribution in [-0.2, 0) is 0 Å². The first-order valence-electron chi connectivity index (χ1n) is 6.40. The van der Waals surface area contributed by atoms with Crippen molar-refractivity contribution in [3.05, 3.63) is 64.4 Å². The van der Waals surface area contributed by atoms with E-state index >= 15 is 0 Å². The summed E-state index contributed by atoms with van der Waals surface area (Å²) in [5.41, 5.74) is 8.77. The fraction of sp³-hybridized carbons (Fsp3) is 0. The number of halogens is 2. The molecule has 0 saturated carbocycles. The number of amidine groups is 1. The second-order valence-corrected chi connectivity index (χ2v) is 5.03. The van der Waals surface area contributed by atoms with Crippen LogP contribution in [0.15, 0.2) is 42.5 Å². The van der Waals surface area contributed by atoms with Crippen LogP contribution in [0.4, 0.5) is 0 Å². The topological polar surface area (TPSA) is 78.6 Å². The maximum absolute atomic E-state index is 7.45. The van der Waals surface area contributed by atoms with E-state index in [2.05, 4.69) is 9.97 Å². The number of H-pyrrole nitrogens is 1. The summed E-state index contributed by atoms with van der Waals surface area (Å²) < 4.78 is 0. The van der Waals surface area contributed by atoms with Crippen LogP contribution in [0.5, 0.6) is 0 Å². The third-order valence-electron chi connectivity index (χ3n) is 3.14. The molecular weight excluding hydrogens is 319 g/mol. The van der Waals surface area contributed by atoms with Crippen molar-refractivity contribution < 1.29 is 0 Å². The van der Waals surface area contributed by atoms with E-state index in [1.165, 1.54) is 0 Å². The highest BCUT2D eigenvalue weighted by Gasteiger charge is 2.03. The first kappa shape index (κ1) is 16.1. The molecule has 0 saturated heterocycles. The predicted molar refractivity (Wildman–Crippen MR) is 94.7 cm³/mol. The van der Waals surface area contributed by atoms with Crippen molar-refractivity contribution in [2.45, 2.75) is 0 Å². The summed E-state index contributed by atoms with van der Waals surface area (Å²) in [7, 11) is 0. The Kier molecular flexibility index (Phi) is 4.85. The molecule has 1 aromatic heterocycles. The van der Waals surface area contributed by atoms with Gasteiger partial charge in [-0.1, -0.05) is 29.8 Å². The molecule has 0 aliphatic carbocycles. The number of aromatic amines is 1. The summed E-state index contributed by atoms with van der Waals surface area (Å²) in [5.74, 6) is 0.769. The minimum absolute atomic E-state index is 0. The lowest BCUT2D eigenvalue weighted by Crippen LogP contribution is -2.10. The number of benzene rings is 2. The summed E-state index contributed by atoms with van der Waals surface area (Å²) in [4.78, 5) is 7.65. The lowest BCUT2D eigenvalue weighted by molar-refractivity contribution is 1.29. The summed E-state index contributed by atoms with van der Waals surface area (Å²) in [6.07, 6.45) is 3.78. The molecule has 4 nitrogen and oxygen atoms in total. The number of rotatable bonds is 3. The van der Waals surface area contributed by atoms with Gasteiger partial charge in [0.25, 0.3) is 0 Å². The average molecular weight is 333 g/mol. The molecule has 6 heteroatoms. The number of imidazole rings is 1. The molecule has 112 valence electrons. The van der Waals surface area contributed by atoms with Gasteiger partial charge in [0.05, 0.1) is 11.0 Å². The van der Waals surface area contributed by atoms with E-state index in [0.717, 1.165) is 22.4 Å². The smallest absolute Gasteiger partial charge is 0.131 e. The van der Waals surface area contributed by atoms with Gasteiger partial charge in [0, 0.05) is 10.6 Å². The molecule has 0 bridgehead atoms. The molecule has 0 aliphatic heterocycles. The van der Waals surface area contributed by atoms with Crippen LogP contribution in [0.3, 0.4) is 0 Å². The van der Waals surface area contributed by atoms with Crippen LogP contribution >= 0.6 is 24.0 Å². The molecule has 0 unspecified atom stereocenters. The van der Waals surface area contributed by atoms with Crippen LogP contribution in [0.25, 0.3) is 23.2 Å². The van der Waals surface area contributed by atoms with Crippen molar-refractivity contribution >= 4 is 53.0 Å². The molecule has 22 heavy (non-hydrogen) atoms. The minimum atomic E-state index is 0. The fourth-order valence-corrected chi connectivity index (χ4v) is 2.25. The van der Waals surface area contributed by atoms with E-state index in [-0.39, 0.29) is 18.2 Å². The predicted octanol–water partition coefficient (Wildman–Crippen LogP) is 4.09. The van der Waals surface area contributed by atoms with Crippen LogP contribution < -0.4 is 5.73 Å². The lowest BCUT2D eigenvalue weighted by Gasteiger charge is -1.96. The first-order chi connectivity index (χ1) is 10.1. The molecule has 0 aliphatic rings. The van der Waals surface area contributed by atoms with Crippen LogP contribution in [0.2, 0.25) is 5.02 Å². The molecule has 0 radical (unpaired) electrons. The number of aromatic nitrogens is 2. The SMILES string of the molecule is Cl.N=C(N)c1ccc2nc(/C=C\c3ccccc3Cl)[nH]c2c1. The van der Waals surface area contributed by atoms with Crippen molar-refractivity contribution in [3.8, 4) is 0 Å². The quantitative estimate of drug-likeness (QED) is 0.498. The Bertz CT molecular complexity index is 852. The molecule has 0 spiro atoms. The van der Waals surface area contributed by atoms with Gasteiger partial charge in [-0.3, -0.25) is 5.41 Å². The Hall–Kier alpha value is -2.30. The van der Waals surface area contributed by atoms with Crippen molar-refractivity contribution in [2.24, 2.45) is 5.73 Å². The van der Waals surface area contributed by atoms with Gasteiger partial charge >= 0.3 is 0 Å². The number of nitrogen functional groups attached to an aromatic ring is 1. The third kappa shape index (κ3) is 3.30. The van der Waals surface area contributed by atoms with Crippen molar-refractivity contribution in [2.75, 3.05) is 0 Å². The number of hydrogen-bond donors (Lipinski definition) is 3. The zero-order chi connectivity index (χ0) is 14.8. The molecule has 0 amide bonds. The Morgan fingerprint density at radius 2 is 1.95 bits per heavy atom. The molecule has 0 fully saturated rings.